The molecule has 1 aromatic carbocycles. The van der Waals surface area contributed by atoms with Crippen LogP contribution in [0.5, 0.6) is 0 Å². The van der Waals surface area contributed by atoms with Gasteiger partial charge in [0.2, 0.25) is 5.91 Å². The standard InChI is InChI=1S/C12H15ClN2O.ClH/c13-11-4-2-1-3-10(11)8-15-7-9(6-14)5-12(15)16;/h1-4,9H,5-8,14H2;1H. The topological polar surface area (TPSA) is 46.3 Å². The molecule has 3 nitrogen and oxygen atoms in total. The molecule has 2 N–H and O–H groups in total. The first-order chi connectivity index (χ1) is 7.70. The Morgan fingerprint density at radius 1 is 1.41 bits per heavy atom. The molecule has 1 aliphatic rings. The summed E-state index contributed by atoms with van der Waals surface area (Å²) in [5.41, 5.74) is 6.57. The Labute approximate surface area is 112 Å². The SMILES string of the molecule is Cl.NCC1CC(=O)N(Cc2ccccc2Cl)C1. The number of nitrogens with zero attached hydrogens (tertiary/aromatic N) is 1. The van der Waals surface area contributed by atoms with Crippen molar-refractivity contribution in [2.24, 2.45) is 11.7 Å². The molecule has 1 aromatic rings. The van der Waals surface area contributed by atoms with Gasteiger partial charge in [-0.2, -0.15) is 0 Å². The van der Waals surface area contributed by atoms with Gasteiger partial charge in [0.25, 0.3) is 0 Å². The normalized spacial score (nSPS) is 19.3. The molecule has 1 heterocycles. The maximum absolute atomic E-state index is 11.7. The van der Waals surface area contributed by atoms with E-state index in [0.717, 1.165) is 12.1 Å². The Bertz CT molecular complexity index is 398. The molecule has 0 saturated carbocycles. The lowest BCUT2D eigenvalue weighted by Gasteiger charge is -2.17. The van der Waals surface area contributed by atoms with Gasteiger partial charge in [-0.1, -0.05) is 29.8 Å². The van der Waals surface area contributed by atoms with Gasteiger partial charge in [-0.15, -0.1) is 12.4 Å². The Morgan fingerprint density at radius 3 is 2.71 bits per heavy atom. The zero-order valence-electron chi connectivity index (χ0n) is 9.43. The molecular weight excluding hydrogens is 259 g/mol. The average molecular weight is 275 g/mol. The van der Waals surface area contributed by atoms with Gasteiger partial charge in [-0.25, -0.2) is 0 Å². The summed E-state index contributed by atoms with van der Waals surface area (Å²) in [6.07, 6.45) is 0.570. The van der Waals surface area contributed by atoms with Gasteiger partial charge >= 0.3 is 0 Å². The van der Waals surface area contributed by atoms with Gasteiger partial charge in [0, 0.05) is 24.5 Å². The third-order valence-electron chi connectivity index (χ3n) is 2.95. The number of hydrogen-bond acceptors (Lipinski definition) is 2. The highest BCUT2D eigenvalue weighted by Crippen LogP contribution is 2.22. The monoisotopic (exact) mass is 274 g/mol. The third kappa shape index (κ3) is 3.35. The first-order valence-corrected chi connectivity index (χ1v) is 5.79. The summed E-state index contributed by atoms with van der Waals surface area (Å²) >= 11 is 6.06. The molecule has 1 amide bonds. The molecule has 17 heavy (non-hydrogen) atoms. The van der Waals surface area contributed by atoms with Crippen LogP contribution in [-0.4, -0.2) is 23.9 Å². The van der Waals surface area contributed by atoms with Crippen LogP contribution in [0.3, 0.4) is 0 Å². The van der Waals surface area contributed by atoms with Crippen molar-refractivity contribution in [3.63, 3.8) is 0 Å². The maximum Gasteiger partial charge on any atom is 0.223 e. The summed E-state index contributed by atoms with van der Waals surface area (Å²) < 4.78 is 0. The number of carbonyl (C=O) groups excluding carboxylic acids is 1. The fraction of sp³-hybridized carbons (Fsp3) is 0.417. The zero-order valence-corrected chi connectivity index (χ0v) is 11.0. The highest BCUT2D eigenvalue weighted by atomic mass is 35.5. The number of carbonyl (C=O) groups is 1. The van der Waals surface area contributed by atoms with Crippen molar-refractivity contribution in [3.05, 3.63) is 34.9 Å². The summed E-state index contributed by atoms with van der Waals surface area (Å²) in [5, 5.41) is 0.714. The van der Waals surface area contributed by atoms with E-state index in [9.17, 15) is 4.79 Å². The second-order valence-corrected chi connectivity index (χ2v) is 4.58. The molecule has 2 rings (SSSR count). The lowest BCUT2D eigenvalue weighted by atomic mass is 10.1. The van der Waals surface area contributed by atoms with Gasteiger partial charge in [-0.05, 0) is 24.1 Å². The van der Waals surface area contributed by atoms with Crippen molar-refractivity contribution in [1.82, 2.24) is 4.90 Å². The van der Waals surface area contributed by atoms with E-state index in [2.05, 4.69) is 0 Å². The molecule has 1 atom stereocenters. The van der Waals surface area contributed by atoms with Crippen LogP contribution in [0, 0.1) is 5.92 Å². The number of hydrogen-bond donors (Lipinski definition) is 1. The highest BCUT2D eigenvalue weighted by Gasteiger charge is 2.28. The fourth-order valence-corrected chi connectivity index (χ4v) is 2.19. The van der Waals surface area contributed by atoms with Crippen LogP contribution < -0.4 is 5.73 Å². The summed E-state index contributed by atoms with van der Waals surface area (Å²) in [6.45, 7) is 1.92. The molecule has 0 radical (unpaired) electrons. The van der Waals surface area contributed by atoms with E-state index in [1.165, 1.54) is 0 Å². The van der Waals surface area contributed by atoms with Crippen LogP contribution in [0.1, 0.15) is 12.0 Å². The largest absolute Gasteiger partial charge is 0.338 e. The second-order valence-electron chi connectivity index (χ2n) is 4.17. The fourth-order valence-electron chi connectivity index (χ4n) is 2.00. The zero-order chi connectivity index (χ0) is 11.5. The number of nitrogens with two attached hydrogens (primary N) is 1. The number of benzene rings is 1. The van der Waals surface area contributed by atoms with E-state index >= 15 is 0 Å². The van der Waals surface area contributed by atoms with Crippen molar-refractivity contribution in [3.8, 4) is 0 Å². The summed E-state index contributed by atoms with van der Waals surface area (Å²) in [4.78, 5) is 13.5. The molecule has 1 aliphatic heterocycles. The van der Waals surface area contributed by atoms with Gasteiger partial charge in [0.05, 0.1) is 0 Å². The molecule has 1 unspecified atom stereocenters. The van der Waals surface area contributed by atoms with Crippen LogP contribution in [0.15, 0.2) is 24.3 Å². The van der Waals surface area contributed by atoms with Crippen molar-refractivity contribution >= 4 is 29.9 Å². The number of halogens is 2. The van der Waals surface area contributed by atoms with E-state index < -0.39 is 0 Å². The number of rotatable bonds is 3. The number of likely N-dealkylation sites (tertiary alicyclic amines) is 1. The van der Waals surface area contributed by atoms with Crippen LogP contribution in [0.25, 0.3) is 0 Å². The summed E-state index contributed by atoms with van der Waals surface area (Å²) in [5.74, 6) is 0.477. The molecule has 1 saturated heterocycles. The lowest BCUT2D eigenvalue weighted by Crippen LogP contribution is -2.25. The summed E-state index contributed by atoms with van der Waals surface area (Å²) in [7, 11) is 0. The molecule has 0 aliphatic carbocycles. The Kier molecular flexibility index (Phi) is 5.25. The lowest BCUT2D eigenvalue weighted by molar-refractivity contribution is -0.128. The number of amides is 1. The minimum absolute atomic E-state index is 0. The average Bonchev–Trinajstić information content (AvgIpc) is 2.63. The molecule has 0 spiro atoms. The van der Waals surface area contributed by atoms with E-state index in [-0.39, 0.29) is 18.3 Å². The van der Waals surface area contributed by atoms with Crippen LogP contribution in [0.2, 0.25) is 5.02 Å². The Balaban J connectivity index is 0.00000144. The van der Waals surface area contributed by atoms with Crippen molar-refractivity contribution in [2.45, 2.75) is 13.0 Å². The van der Waals surface area contributed by atoms with E-state index in [4.69, 9.17) is 17.3 Å². The second kappa shape index (κ2) is 6.24. The summed E-state index contributed by atoms with van der Waals surface area (Å²) in [6, 6.07) is 7.62. The first kappa shape index (κ1) is 14.3. The van der Waals surface area contributed by atoms with Gasteiger partial charge in [0.15, 0.2) is 0 Å². The van der Waals surface area contributed by atoms with Crippen LogP contribution in [0.4, 0.5) is 0 Å². The molecule has 0 aromatic heterocycles. The molecule has 1 fully saturated rings. The smallest absolute Gasteiger partial charge is 0.223 e. The predicted octanol–water partition coefficient (Wildman–Crippen LogP) is 2.07. The van der Waals surface area contributed by atoms with Crippen molar-refractivity contribution < 1.29 is 4.79 Å². The Morgan fingerprint density at radius 2 is 2.12 bits per heavy atom. The van der Waals surface area contributed by atoms with E-state index in [0.29, 0.717) is 30.5 Å². The Hall–Kier alpha value is -0.770. The molecule has 0 bridgehead atoms. The molecule has 94 valence electrons. The molecular formula is C12H16Cl2N2O. The van der Waals surface area contributed by atoms with Gasteiger partial charge in [-0.3, -0.25) is 4.79 Å². The van der Waals surface area contributed by atoms with Gasteiger partial charge in [0.1, 0.15) is 0 Å². The van der Waals surface area contributed by atoms with Crippen molar-refractivity contribution in [1.29, 1.82) is 0 Å². The van der Waals surface area contributed by atoms with Gasteiger partial charge < -0.3 is 10.6 Å². The minimum Gasteiger partial charge on any atom is -0.338 e. The van der Waals surface area contributed by atoms with E-state index in [1.54, 1.807) is 0 Å². The predicted molar refractivity (Wildman–Crippen MR) is 71.3 cm³/mol. The first-order valence-electron chi connectivity index (χ1n) is 5.42. The molecule has 5 heteroatoms. The minimum atomic E-state index is 0. The quantitative estimate of drug-likeness (QED) is 0.917. The van der Waals surface area contributed by atoms with Crippen LogP contribution in [-0.2, 0) is 11.3 Å². The van der Waals surface area contributed by atoms with Crippen LogP contribution >= 0.6 is 24.0 Å². The highest BCUT2D eigenvalue weighted by molar-refractivity contribution is 6.31. The third-order valence-corrected chi connectivity index (χ3v) is 3.32. The van der Waals surface area contributed by atoms with E-state index in [1.807, 2.05) is 29.2 Å². The van der Waals surface area contributed by atoms with Crippen molar-refractivity contribution in [2.75, 3.05) is 13.1 Å². The maximum atomic E-state index is 11.7.